The predicted molar refractivity (Wildman–Crippen MR) is 123 cm³/mol. The minimum Gasteiger partial charge on any atom is -0.366 e. The molecule has 0 saturated heterocycles. The minimum absolute atomic E-state index is 0.0253. The number of carbonyl (C=O) groups excluding carboxylic acids is 2. The summed E-state index contributed by atoms with van der Waals surface area (Å²) in [6.45, 7) is 2.34. The number of amides is 2. The molecular weight excluding hydrogens is 432 g/mol. The standard InChI is InChI=1S/C22H20N4O3S2/c1-12-6-7-16(31-12)15-11-30-22-19(15)21(29)24-17(25-22)9-18(27)26(2)10-13-4-3-5-14(8-13)20(23)28/h3-8,11H,9-10H2,1-2H3,(H2,23,28)(H,24,25,29). The van der Waals surface area contributed by atoms with Gasteiger partial charge in [0.05, 0.1) is 11.8 Å². The Morgan fingerprint density at radius 1 is 1.23 bits per heavy atom. The van der Waals surface area contributed by atoms with Gasteiger partial charge in [0.15, 0.2) is 0 Å². The Kier molecular flexibility index (Phi) is 5.71. The van der Waals surface area contributed by atoms with Gasteiger partial charge in [0.25, 0.3) is 5.56 Å². The van der Waals surface area contributed by atoms with E-state index in [2.05, 4.69) is 9.97 Å². The highest BCUT2D eigenvalue weighted by Crippen LogP contribution is 2.34. The van der Waals surface area contributed by atoms with E-state index < -0.39 is 5.91 Å². The Morgan fingerprint density at radius 3 is 2.74 bits per heavy atom. The smallest absolute Gasteiger partial charge is 0.260 e. The molecule has 4 aromatic rings. The van der Waals surface area contributed by atoms with Crippen molar-refractivity contribution in [2.75, 3.05) is 7.05 Å². The fourth-order valence-corrected chi connectivity index (χ4v) is 5.22. The monoisotopic (exact) mass is 452 g/mol. The number of carbonyl (C=O) groups is 2. The zero-order valence-electron chi connectivity index (χ0n) is 17.0. The van der Waals surface area contributed by atoms with Crippen molar-refractivity contribution in [2.24, 2.45) is 5.73 Å². The number of aromatic amines is 1. The van der Waals surface area contributed by atoms with E-state index in [9.17, 15) is 14.4 Å². The molecule has 0 bridgehead atoms. The molecule has 0 spiro atoms. The Morgan fingerprint density at radius 2 is 2.03 bits per heavy atom. The number of benzene rings is 1. The van der Waals surface area contributed by atoms with E-state index in [4.69, 9.17) is 5.73 Å². The number of primary amides is 1. The number of likely N-dealkylation sites (N-methyl/N-ethyl adjacent to an activating group) is 1. The molecule has 2 amide bonds. The van der Waals surface area contributed by atoms with E-state index in [1.165, 1.54) is 21.1 Å². The number of aromatic nitrogens is 2. The van der Waals surface area contributed by atoms with Gasteiger partial charge in [0.2, 0.25) is 11.8 Å². The molecule has 3 N–H and O–H groups in total. The summed E-state index contributed by atoms with van der Waals surface area (Å²) < 4.78 is 0. The van der Waals surface area contributed by atoms with Crippen LogP contribution in [0.2, 0.25) is 0 Å². The normalized spacial score (nSPS) is 11.0. The number of hydrogen-bond donors (Lipinski definition) is 2. The molecule has 0 fully saturated rings. The van der Waals surface area contributed by atoms with Crippen molar-refractivity contribution in [3.8, 4) is 10.4 Å². The number of thiophene rings is 2. The van der Waals surface area contributed by atoms with Crippen LogP contribution in [-0.2, 0) is 17.8 Å². The molecule has 4 rings (SSSR count). The first-order chi connectivity index (χ1) is 14.8. The predicted octanol–water partition coefficient (Wildman–Crippen LogP) is 3.32. The second kappa shape index (κ2) is 8.44. The topological polar surface area (TPSA) is 109 Å². The van der Waals surface area contributed by atoms with Gasteiger partial charge in [-0.2, -0.15) is 0 Å². The summed E-state index contributed by atoms with van der Waals surface area (Å²) in [5.41, 5.74) is 7.13. The largest absolute Gasteiger partial charge is 0.366 e. The lowest BCUT2D eigenvalue weighted by Gasteiger charge is -2.17. The summed E-state index contributed by atoms with van der Waals surface area (Å²) in [5.74, 6) is -0.382. The summed E-state index contributed by atoms with van der Waals surface area (Å²) in [6, 6.07) is 10.9. The van der Waals surface area contributed by atoms with Crippen molar-refractivity contribution in [1.29, 1.82) is 0 Å². The zero-order chi connectivity index (χ0) is 22.1. The highest BCUT2D eigenvalue weighted by Gasteiger charge is 2.17. The van der Waals surface area contributed by atoms with Crippen LogP contribution in [0.3, 0.4) is 0 Å². The molecule has 0 aliphatic rings. The molecule has 0 aliphatic heterocycles. The van der Waals surface area contributed by atoms with Gasteiger partial charge in [-0.15, -0.1) is 22.7 Å². The maximum atomic E-state index is 12.8. The molecule has 0 unspecified atom stereocenters. The summed E-state index contributed by atoms with van der Waals surface area (Å²) in [5, 5.41) is 2.49. The number of nitrogens with one attached hydrogen (secondary N) is 1. The average molecular weight is 453 g/mol. The van der Waals surface area contributed by atoms with Crippen LogP contribution in [0.1, 0.15) is 26.6 Å². The zero-order valence-corrected chi connectivity index (χ0v) is 18.6. The second-order valence-electron chi connectivity index (χ2n) is 7.24. The van der Waals surface area contributed by atoms with Crippen LogP contribution in [-0.4, -0.2) is 33.7 Å². The summed E-state index contributed by atoms with van der Waals surface area (Å²) >= 11 is 3.02. The van der Waals surface area contributed by atoms with Crippen molar-refractivity contribution < 1.29 is 9.59 Å². The van der Waals surface area contributed by atoms with Gasteiger partial charge in [-0.1, -0.05) is 12.1 Å². The van der Waals surface area contributed by atoms with E-state index in [-0.39, 0.29) is 17.9 Å². The summed E-state index contributed by atoms with van der Waals surface area (Å²) in [4.78, 5) is 48.4. The summed E-state index contributed by atoms with van der Waals surface area (Å²) in [7, 11) is 1.66. The van der Waals surface area contributed by atoms with Gasteiger partial charge in [0.1, 0.15) is 10.7 Å². The Hall–Kier alpha value is -3.30. The first-order valence-electron chi connectivity index (χ1n) is 9.51. The Labute approximate surface area is 186 Å². The third-order valence-corrected chi connectivity index (χ3v) is 6.78. The lowest BCUT2D eigenvalue weighted by Crippen LogP contribution is -2.29. The van der Waals surface area contributed by atoms with E-state index in [0.717, 1.165) is 16.0 Å². The molecule has 158 valence electrons. The van der Waals surface area contributed by atoms with Crippen molar-refractivity contribution in [2.45, 2.75) is 19.9 Å². The van der Waals surface area contributed by atoms with E-state index in [0.29, 0.717) is 28.1 Å². The minimum atomic E-state index is -0.515. The van der Waals surface area contributed by atoms with Gasteiger partial charge < -0.3 is 15.6 Å². The van der Waals surface area contributed by atoms with Crippen LogP contribution in [0.25, 0.3) is 20.7 Å². The van der Waals surface area contributed by atoms with Crippen molar-refractivity contribution in [1.82, 2.24) is 14.9 Å². The van der Waals surface area contributed by atoms with Crippen LogP contribution in [0, 0.1) is 6.92 Å². The fraction of sp³-hybridized carbons (Fsp3) is 0.182. The maximum Gasteiger partial charge on any atom is 0.260 e. The molecule has 9 heteroatoms. The maximum absolute atomic E-state index is 12.8. The molecule has 0 aliphatic carbocycles. The van der Waals surface area contributed by atoms with Gasteiger partial charge >= 0.3 is 0 Å². The number of fused-ring (bicyclic) bond motifs is 1. The SMILES string of the molecule is Cc1ccc(-c2csc3nc(CC(=O)N(C)Cc4cccc(C(N)=O)c4)[nH]c(=O)c23)s1. The molecule has 0 radical (unpaired) electrons. The van der Waals surface area contributed by atoms with Crippen molar-refractivity contribution in [3.05, 3.63) is 74.0 Å². The molecule has 7 nitrogen and oxygen atoms in total. The van der Waals surface area contributed by atoms with Crippen molar-refractivity contribution in [3.63, 3.8) is 0 Å². The first kappa shape index (κ1) is 21.0. The van der Waals surface area contributed by atoms with Crippen LogP contribution in [0.15, 0.2) is 46.6 Å². The van der Waals surface area contributed by atoms with E-state index in [1.807, 2.05) is 30.5 Å². The average Bonchev–Trinajstić information content (AvgIpc) is 3.34. The van der Waals surface area contributed by atoms with Gasteiger partial charge in [-0.25, -0.2) is 4.98 Å². The Balaban J connectivity index is 1.53. The van der Waals surface area contributed by atoms with Gasteiger partial charge in [-0.05, 0) is 36.8 Å². The molecule has 31 heavy (non-hydrogen) atoms. The number of H-pyrrole nitrogens is 1. The lowest BCUT2D eigenvalue weighted by atomic mass is 10.1. The van der Waals surface area contributed by atoms with Crippen LogP contribution >= 0.6 is 22.7 Å². The lowest BCUT2D eigenvalue weighted by molar-refractivity contribution is -0.129. The number of nitrogens with zero attached hydrogens (tertiary/aromatic N) is 2. The molecule has 3 aromatic heterocycles. The number of nitrogens with two attached hydrogens (primary N) is 1. The third kappa shape index (κ3) is 4.42. The summed E-state index contributed by atoms with van der Waals surface area (Å²) in [6.07, 6.45) is -0.0253. The van der Waals surface area contributed by atoms with E-state index >= 15 is 0 Å². The molecule has 3 heterocycles. The number of hydrogen-bond acceptors (Lipinski definition) is 6. The number of aryl methyl sites for hydroxylation is 1. The number of rotatable bonds is 6. The quantitative estimate of drug-likeness (QED) is 0.468. The highest BCUT2D eigenvalue weighted by atomic mass is 32.1. The fourth-order valence-electron chi connectivity index (χ4n) is 3.30. The molecule has 0 atom stereocenters. The molecular formula is C22H20N4O3S2. The second-order valence-corrected chi connectivity index (χ2v) is 9.39. The van der Waals surface area contributed by atoms with Crippen molar-refractivity contribution >= 4 is 44.7 Å². The van der Waals surface area contributed by atoms with Gasteiger partial charge in [-0.3, -0.25) is 14.4 Å². The van der Waals surface area contributed by atoms with E-state index in [1.54, 1.807) is 36.6 Å². The first-order valence-corrected chi connectivity index (χ1v) is 11.2. The molecule has 1 aromatic carbocycles. The van der Waals surface area contributed by atoms with Gasteiger partial charge in [0, 0.05) is 39.9 Å². The van der Waals surface area contributed by atoms with Crippen LogP contribution in [0.4, 0.5) is 0 Å². The molecule has 0 saturated carbocycles. The highest BCUT2D eigenvalue weighted by molar-refractivity contribution is 7.19. The van der Waals surface area contributed by atoms with Crippen LogP contribution < -0.4 is 11.3 Å². The third-order valence-electron chi connectivity index (χ3n) is 4.87. The Bertz CT molecular complexity index is 1350. The van der Waals surface area contributed by atoms with Crippen LogP contribution in [0.5, 0.6) is 0 Å².